The Kier molecular flexibility index (Phi) is 5.88. The Hall–Kier alpha value is -1.90. The molecule has 146 valence electrons. The zero-order chi connectivity index (χ0) is 19.6. The number of hydrogen-bond acceptors (Lipinski definition) is 4. The molecule has 7 nitrogen and oxygen atoms in total. The van der Waals surface area contributed by atoms with Crippen LogP contribution < -0.4 is 5.32 Å². The highest BCUT2D eigenvalue weighted by Crippen LogP contribution is 2.25. The third-order valence-corrected chi connectivity index (χ3v) is 6.93. The van der Waals surface area contributed by atoms with Gasteiger partial charge in [0, 0.05) is 36.5 Å². The molecule has 3 rings (SSSR count). The van der Waals surface area contributed by atoms with Crippen molar-refractivity contribution in [3.63, 3.8) is 0 Å². The molecule has 1 aliphatic heterocycles. The number of hydrogen-bond donors (Lipinski definition) is 1. The first kappa shape index (κ1) is 19.9. The smallest absolute Gasteiger partial charge is 0.262 e. The van der Waals surface area contributed by atoms with Gasteiger partial charge in [-0.2, -0.15) is 4.31 Å². The van der Waals surface area contributed by atoms with E-state index in [1.54, 1.807) is 16.7 Å². The van der Waals surface area contributed by atoms with E-state index < -0.39 is 15.9 Å². The van der Waals surface area contributed by atoms with Gasteiger partial charge in [0.15, 0.2) is 5.03 Å². The van der Waals surface area contributed by atoms with Gasteiger partial charge in [-0.1, -0.05) is 17.7 Å². The Morgan fingerprint density at radius 2 is 2.19 bits per heavy atom. The Labute approximate surface area is 164 Å². The molecule has 1 unspecified atom stereocenters. The molecule has 0 radical (unpaired) electrons. The van der Waals surface area contributed by atoms with Crippen molar-refractivity contribution in [1.82, 2.24) is 13.9 Å². The van der Waals surface area contributed by atoms with Crippen LogP contribution in [0.5, 0.6) is 0 Å². The molecule has 0 saturated carbocycles. The van der Waals surface area contributed by atoms with Gasteiger partial charge in [-0.25, -0.2) is 13.4 Å². The number of nitrogens with zero attached hydrogens (tertiary/aromatic N) is 3. The fourth-order valence-electron chi connectivity index (χ4n) is 3.07. The van der Waals surface area contributed by atoms with Gasteiger partial charge in [-0.05, 0) is 44.4 Å². The van der Waals surface area contributed by atoms with E-state index in [2.05, 4.69) is 10.3 Å². The molecular formula is C18H23ClN4O3S. The van der Waals surface area contributed by atoms with Crippen LogP contribution in [0.3, 0.4) is 0 Å². The van der Waals surface area contributed by atoms with Gasteiger partial charge in [0.1, 0.15) is 0 Å². The number of sulfonamides is 1. The molecule has 1 aromatic carbocycles. The number of aryl methyl sites for hydroxylation is 2. The molecule has 1 aromatic heterocycles. The van der Waals surface area contributed by atoms with E-state index in [0.29, 0.717) is 36.6 Å². The predicted octanol–water partition coefficient (Wildman–Crippen LogP) is 2.90. The molecular weight excluding hydrogens is 388 g/mol. The number of aromatic nitrogens is 2. The van der Waals surface area contributed by atoms with Crippen molar-refractivity contribution in [3.05, 3.63) is 41.3 Å². The summed E-state index contributed by atoms with van der Waals surface area (Å²) in [5.41, 5.74) is 1.54. The molecule has 1 aliphatic rings. The van der Waals surface area contributed by atoms with Crippen LogP contribution in [0.2, 0.25) is 5.02 Å². The average Bonchev–Trinajstić information content (AvgIpc) is 3.15. The third kappa shape index (κ3) is 4.34. The molecule has 1 atom stereocenters. The minimum atomic E-state index is -3.70. The van der Waals surface area contributed by atoms with E-state index in [0.717, 1.165) is 5.56 Å². The highest BCUT2D eigenvalue weighted by atomic mass is 35.5. The lowest BCUT2D eigenvalue weighted by molar-refractivity contribution is -0.120. The maximum Gasteiger partial charge on any atom is 0.262 e. The van der Waals surface area contributed by atoms with Crippen LogP contribution in [0.4, 0.5) is 5.69 Å². The fraction of sp³-hybridized carbons (Fsp3) is 0.444. The van der Waals surface area contributed by atoms with Crippen LogP contribution >= 0.6 is 11.6 Å². The van der Waals surface area contributed by atoms with Crippen molar-refractivity contribution in [3.8, 4) is 0 Å². The molecule has 1 saturated heterocycles. The third-order valence-electron chi connectivity index (χ3n) is 4.77. The van der Waals surface area contributed by atoms with Gasteiger partial charge in [-0.15, -0.1) is 0 Å². The minimum Gasteiger partial charge on any atom is -0.336 e. The van der Waals surface area contributed by atoms with Gasteiger partial charge >= 0.3 is 0 Å². The number of nitrogens with one attached hydrogen (secondary N) is 1. The van der Waals surface area contributed by atoms with Crippen molar-refractivity contribution >= 4 is 33.2 Å². The molecule has 9 heteroatoms. The van der Waals surface area contributed by atoms with E-state index in [-0.39, 0.29) is 17.5 Å². The molecule has 1 fully saturated rings. The molecule has 2 aromatic rings. The van der Waals surface area contributed by atoms with Crippen LogP contribution in [0, 0.1) is 12.8 Å². The van der Waals surface area contributed by atoms with Crippen LogP contribution in [0.15, 0.2) is 35.7 Å². The van der Waals surface area contributed by atoms with Crippen LogP contribution in [-0.4, -0.2) is 41.3 Å². The van der Waals surface area contributed by atoms with Gasteiger partial charge in [0.25, 0.3) is 10.0 Å². The summed E-state index contributed by atoms with van der Waals surface area (Å²) < 4.78 is 28.7. The zero-order valence-corrected chi connectivity index (χ0v) is 16.9. The SMILES string of the molecule is CCn1cnc(S(=O)(=O)N2CCCC(C(=O)Nc3ccc(C)c(Cl)c3)C2)c1. The van der Waals surface area contributed by atoms with Crippen molar-refractivity contribution in [2.75, 3.05) is 18.4 Å². The van der Waals surface area contributed by atoms with Crippen molar-refractivity contribution in [2.24, 2.45) is 5.92 Å². The number of amides is 1. The summed E-state index contributed by atoms with van der Waals surface area (Å²) >= 11 is 6.10. The topological polar surface area (TPSA) is 84.3 Å². The first-order chi connectivity index (χ1) is 12.8. The monoisotopic (exact) mass is 410 g/mol. The maximum atomic E-state index is 12.8. The summed E-state index contributed by atoms with van der Waals surface area (Å²) in [6.45, 7) is 4.98. The van der Waals surface area contributed by atoms with Gasteiger partial charge in [-0.3, -0.25) is 4.79 Å². The van der Waals surface area contributed by atoms with Crippen molar-refractivity contribution in [2.45, 2.75) is 38.3 Å². The van der Waals surface area contributed by atoms with E-state index in [9.17, 15) is 13.2 Å². The Morgan fingerprint density at radius 3 is 2.85 bits per heavy atom. The lowest BCUT2D eigenvalue weighted by Gasteiger charge is -2.30. The second kappa shape index (κ2) is 8.00. The number of imidazole rings is 1. The lowest BCUT2D eigenvalue weighted by atomic mass is 9.98. The summed E-state index contributed by atoms with van der Waals surface area (Å²) in [5, 5.41) is 3.44. The molecule has 0 bridgehead atoms. The summed E-state index contributed by atoms with van der Waals surface area (Å²) in [4.78, 5) is 16.6. The molecule has 1 N–H and O–H groups in total. The van der Waals surface area contributed by atoms with Gasteiger partial charge in [0.05, 0.1) is 12.2 Å². The summed E-state index contributed by atoms with van der Waals surface area (Å²) in [6, 6.07) is 5.32. The van der Waals surface area contributed by atoms with Crippen LogP contribution in [0.1, 0.15) is 25.3 Å². The maximum absolute atomic E-state index is 12.8. The highest BCUT2D eigenvalue weighted by Gasteiger charge is 2.34. The summed E-state index contributed by atoms with van der Waals surface area (Å²) in [5.74, 6) is -0.615. The Morgan fingerprint density at radius 1 is 1.41 bits per heavy atom. The van der Waals surface area contributed by atoms with Crippen molar-refractivity contribution in [1.29, 1.82) is 0 Å². The lowest BCUT2D eigenvalue weighted by Crippen LogP contribution is -2.43. The van der Waals surface area contributed by atoms with E-state index in [4.69, 9.17) is 11.6 Å². The van der Waals surface area contributed by atoms with Crippen LogP contribution in [-0.2, 0) is 21.4 Å². The number of halogens is 1. The molecule has 1 amide bonds. The van der Waals surface area contributed by atoms with Gasteiger partial charge in [0.2, 0.25) is 5.91 Å². The minimum absolute atomic E-state index is 0.0238. The second-order valence-corrected chi connectivity index (χ2v) is 8.99. The number of piperidine rings is 1. The average molecular weight is 411 g/mol. The predicted molar refractivity (Wildman–Crippen MR) is 104 cm³/mol. The Bertz CT molecular complexity index is 942. The van der Waals surface area contributed by atoms with E-state index >= 15 is 0 Å². The Balaban J connectivity index is 1.71. The molecule has 0 aliphatic carbocycles. The fourth-order valence-corrected chi connectivity index (χ4v) is 4.71. The molecule has 2 heterocycles. The first-order valence-electron chi connectivity index (χ1n) is 8.90. The summed E-state index contributed by atoms with van der Waals surface area (Å²) in [7, 11) is -3.70. The number of anilines is 1. The molecule has 27 heavy (non-hydrogen) atoms. The zero-order valence-electron chi connectivity index (χ0n) is 15.4. The number of rotatable bonds is 5. The highest BCUT2D eigenvalue weighted by molar-refractivity contribution is 7.89. The number of benzene rings is 1. The van der Waals surface area contributed by atoms with E-state index in [1.165, 1.54) is 16.8 Å². The number of carbonyl (C=O) groups excluding carboxylic acids is 1. The van der Waals surface area contributed by atoms with Crippen molar-refractivity contribution < 1.29 is 13.2 Å². The number of carbonyl (C=O) groups is 1. The normalized spacial score (nSPS) is 18.4. The van der Waals surface area contributed by atoms with E-state index in [1.807, 2.05) is 19.9 Å². The standard InChI is InChI=1S/C18H23ClN4O3S/c1-3-22-11-17(20-12-22)27(25,26)23-8-4-5-14(10-23)18(24)21-15-7-6-13(2)16(19)9-15/h6-7,9,11-12,14H,3-5,8,10H2,1-2H3,(H,21,24). The second-order valence-electron chi connectivity index (χ2n) is 6.70. The quantitative estimate of drug-likeness (QED) is 0.821. The van der Waals surface area contributed by atoms with Crippen LogP contribution in [0.25, 0.3) is 0 Å². The molecule has 0 spiro atoms. The summed E-state index contributed by atoms with van der Waals surface area (Å²) in [6.07, 6.45) is 4.29. The first-order valence-corrected chi connectivity index (χ1v) is 10.7. The van der Waals surface area contributed by atoms with Gasteiger partial charge < -0.3 is 9.88 Å². The largest absolute Gasteiger partial charge is 0.336 e.